The van der Waals surface area contributed by atoms with Crippen molar-refractivity contribution in [1.82, 2.24) is 9.78 Å². The Balaban J connectivity index is 2.01. The van der Waals surface area contributed by atoms with Crippen molar-refractivity contribution >= 4 is 28.9 Å². The van der Waals surface area contributed by atoms with Gasteiger partial charge in [0.2, 0.25) is 5.91 Å². The molecule has 21 heavy (non-hydrogen) atoms. The standard InChI is InChI=1S/C13H13ClN4O3/c1-9-2-3-11(12(6-9)18(20)21)16-13(19)4-5-17-8-10(14)7-15-17/h2-3,6-8H,4-5H2,1H3,(H,16,19). The Morgan fingerprint density at radius 1 is 1.52 bits per heavy atom. The van der Waals surface area contributed by atoms with Crippen LogP contribution in [0.3, 0.4) is 0 Å². The highest BCUT2D eigenvalue weighted by atomic mass is 35.5. The Hall–Kier alpha value is -2.41. The predicted octanol–water partition coefficient (Wildman–Crippen LogP) is 2.78. The highest BCUT2D eigenvalue weighted by molar-refractivity contribution is 6.30. The molecular weight excluding hydrogens is 296 g/mol. The van der Waals surface area contributed by atoms with E-state index in [-0.39, 0.29) is 23.7 Å². The van der Waals surface area contributed by atoms with E-state index in [1.165, 1.54) is 23.0 Å². The summed E-state index contributed by atoms with van der Waals surface area (Å²) in [6.45, 7) is 2.10. The molecule has 0 radical (unpaired) electrons. The van der Waals surface area contributed by atoms with Crippen molar-refractivity contribution in [2.24, 2.45) is 0 Å². The molecule has 0 spiro atoms. The number of nitrogens with one attached hydrogen (secondary N) is 1. The van der Waals surface area contributed by atoms with E-state index < -0.39 is 4.92 Å². The fraction of sp³-hybridized carbons (Fsp3) is 0.231. The van der Waals surface area contributed by atoms with Crippen LogP contribution in [0.25, 0.3) is 0 Å². The molecule has 110 valence electrons. The van der Waals surface area contributed by atoms with E-state index in [1.807, 2.05) is 0 Å². The average Bonchev–Trinajstić information content (AvgIpc) is 2.84. The molecule has 8 heteroatoms. The summed E-state index contributed by atoms with van der Waals surface area (Å²) in [7, 11) is 0. The largest absolute Gasteiger partial charge is 0.320 e. The Morgan fingerprint density at radius 3 is 2.90 bits per heavy atom. The summed E-state index contributed by atoms with van der Waals surface area (Å²) in [5.74, 6) is -0.325. The molecule has 1 aromatic heterocycles. The smallest absolute Gasteiger partial charge is 0.293 e. The van der Waals surface area contributed by atoms with E-state index in [0.29, 0.717) is 11.6 Å². The van der Waals surface area contributed by atoms with Gasteiger partial charge in [-0.3, -0.25) is 19.6 Å². The van der Waals surface area contributed by atoms with Crippen molar-refractivity contribution in [3.05, 3.63) is 51.3 Å². The third-order valence-corrected chi connectivity index (χ3v) is 2.99. The number of aryl methyl sites for hydroxylation is 2. The summed E-state index contributed by atoms with van der Waals surface area (Å²) in [6, 6.07) is 4.65. The van der Waals surface area contributed by atoms with Crippen LogP contribution in [0.5, 0.6) is 0 Å². The van der Waals surface area contributed by atoms with Crippen molar-refractivity contribution in [2.75, 3.05) is 5.32 Å². The summed E-state index contributed by atoms with van der Waals surface area (Å²) in [5, 5.41) is 17.9. The average molecular weight is 309 g/mol. The van der Waals surface area contributed by atoms with Gasteiger partial charge in [0.15, 0.2) is 0 Å². The molecule has 7 nitrogen and oxygen atoms in total. The second-order valence-electron chi connectivity index (χ2n) is 4.50. The molecule has 2 rings (SSSR count). The van der Waals surface area contributed by atoms with Crippen LogP contribution in [0.4, 0.5) is 11.4 Å². The Bertz CT molecular complexity index is 684. The fourth-order valence-electron chi connectivity index (χ4n) is 1.79. The number of nitrogens with zero attached hydrogens (tertiary/aromatic N) is 3. The minimum Gasteiger partial charge on any atom is -0.320 e. The van der Waals surface area contributed by atoms with Crippen molar-refractivity contribution in [1.29, 1.82) is 0 Å². The molecule has 0 unspecified atom stereocenters. The van der Waals surface area contributed by atoms with Crippen molar-refractivity contribution in [2.45, 2.75) is 19.9 Å². The molecule has 0 saturated carbocycles. The van der Waals surface area contributed by atoms with Crippen LogP contribution in [0.2, 0.25) is 5.02 Å². The summed E-state index contributed by atoms with van der Waals surface area (Å²) >= 11 is 5.72. The van der Waals surface area contributed by atoms with Crippen LogP contribution in [-0.2, 0) is 11.3 Å². The van der Waals surface area contributed by atoms with Crippen molar-refractivity contribution < 1.29 is 9.72 Å². The number of benzene rings is 1. The van der Waals surface area contributed by atoms with Gasteiger partial charge in [0.1, 0.15) is 5.69 Å². The number of aromatic nitrogens is 2. The maximum Gasteiger partial charge on any atom is 0.293 e. The van der Waals surface area contributed by atoms with Gasteiger partial charge >= 0.3 is 0 Å². The van der Waals surface area contributed by atoms with Crippen LogP contribution >= 0.6 is 11.6 Å². The molecule has 0 aliphatic carbocycles. The molecule has 0 saturated heterocycles. The molecule has 2 aromatic rings. The fourth-order valence-corrected chi connectivity index (χ4v) is 1.94. The van der Waals surface area contributed by atoms with Crippen molar-refractivity contribution in [3.8, 4) is 0 Å². The van der Waals surface area contributed by atoms with E-state index in [2.05, 4.69) is 10.4 Å². The molecule has 0 bridgehead atoms. The third kappa shape index (κ3) is 4.03. The second kappa shape index (κ2) is 6.36. The lowest BCUT2D eigenvalue weighted by Crippen LogP contribution is -2.15. The topological polar surface area (TPSA) is 90.1 Å². The number of rotatable bonds is 5. The maximum atomic E-state index is 11.8. The summed E-state index contributed by atoms with van der Waals surface area (Å²) in [5.41, 5.74) is 0.825. The van der Waals surface area contributed by atoms with Gasteiger partial charge in [-0.05, 0) is 18.6 Å². The number of anilines is 1. The van der Waals surface area contributed by atoms with Gasteiger partial charge in [-0.2, -0.15) is 5.10 Å². The number of carbonyl (C=O) groups excluding carboxylic acids is 1. The normalized spacial score (nSPS) is 10.4. The van der Waals surface area contributed by atoms with Gasteiger partial charge in [0.05, 0.1) is 16.1 Å². The minimum atomic E-state index is -0.518. The zero-order valence-corrected chi connectivity index (χ0v) is 12.0. The lowest BCUT2D eigenvalue weighted by atomic mass is 10.2. The van der Waals surface area contributed by atoms with Crippen LogP contribution in [-0.4, -0.2) is 20.6 Å². The lowest BCUT2D eigenvalue weighted by molar-refractivity contribution is -0.384. The first-order chi connectivity index (χ1) is 9.95. The van der Waals surface area contributed by atoms with Crippen molar-refractivity contribution in [3.63, 3.8) is 0 Å². The van der Waals surface area contributed by atoms with Gasteiger partial charge in [-0.1, -0.05) is 17.7 Å². The second-order valence-corrected chi connectivity index (χ2v) is 4.93. The van der Waals surface area contributed by atoms with Crippen LogP contribution in [0.15, 0.2) is 30.6 Å². The summed E-state index contributed by atoms with van der Waals surface area (Å²) in [4.78, 5) is 22.3. The number of amides is 1. The number of nitro groups is 1. The zero-order valence-electron chi connectivity index (χ0n) is 11.2. The number of carbonyl (C=O) groups is 1. The van der Waals surface area contributed by atoms with Gasteiger partial charge in [0, 0.05) is 25.2 Å². The highest BCUT2D eigenvalue weighted by Crippen LogP contribution is 2.25. The van der Waals surface area contributed by atoms with E-state index in [4.69, 9.17) is 11.6 Å². The first kappa shape index (κ1) is 15.0. The molecule has 0 aliphatic heterocycles. The van der Waals surface area contributed by atoms with E-state index in [1.54, 1.807) is 19.2 Å². The number of nitro benzene ring substituents is 1. The number of hydrogen-bond acceptors (Lipinski definition) is 4. The minimum absolute atomic E-state index is 0.120. The SMILES string of the molecule is Cc1ccc(NC(=O)CCn2cc(Cl)cn2)c([N+](=O)[O-])c1. The summed E-state index contributed by atoms with van der Waals surface area (Å²) < 4.78 is 1.53. The van der Waals surface area contributed by atoms with Crippen LogP contribution in [0.1, 0.15) is 12.0 Å². The highest BCUT2D eigenvalue weighted by Gasteiger charge is 2.15. The van der Waals surface area contributed by atoms with Gasteiger partial charge < -0.3 is 5.32 Å². The first-order valence-corrected chi connectivity index (χ1v) is 6.56. The van der Waals surface area contributed by atoms with Gasteiger partial charge in [-0.25, -0.2) is 0 Å². The van der Waals surface area contributed by atoms with E-state index in [9.17, 15) is 14.9 Å². The Morgan fingerprint density at radius 2 is 2.29 bits per heavy atom. The third-order valence-electron chi connectivity index (χ3n) is 2.79. The van der Waals surface area contributed by atoms with Crippen LogP contribution in [0, 0.1) is 17.0 Å². The molecule has 0 atom stereocenters. The van der Waals surface area contributed by atoms with E-state index in [0.717, 1.165) is 5.56 Å². The first-order valence-electron chi connectivity index (χ1n) is 6.18. The lowest BCUT2D eigenvalue weighted by Gasteiger charge is -2.07. The number of hydrogen-bond donors (Lipinski definition) is 1. The van der Waals surface area contributed by atoms with Gasteiger partial charge in [-0.15, -0.1) is 0 Å². The Labute approximate surface area is 125 Å². The van der Waals surface area contributed by atoms with Gasteiger partial charge in [0.25, 0.3) is 5.69 Å². The quantitative estimate of drug-likeness (QED) is 0.679. The molecule has 1 aromatic carbocycles. The van der Waals surface area contributed by atoms with E-state index >= 15 is 0 Å². The number of halogens is 1. The maximum absolute atomic E-state index is 11.8. The molecule has 0 aliphatic rings. The van der Waals surface area contributed by atoms with Crippen LogP contribution < -0.4 is 5.32 Å². The molecule has 0 fully saturated rings. The molecule has 1 heterocycles. The molecule has 1 amide bonds. The monoisotopic (exact) mass is 308 g/mol. The molecule has 1 N–H and O–H groups in total. The predicted molar refractivity (Wildman–Crippen MR) is 78.3 cm³/mol. The Kier molecular flexibility index (Phi) is 4.54. The zero-order chi connectivity index (χ0) is 15.4. The summed E-state index contributed by atoms with van der Waals surface area (Å²) in [6.07, 6.45) is 3.22. The molecular formula is C13H13ClN4O3.